The molecule has 19 aromatic carbocycles. The highest BCUT2D eigenvalue weighted by atomic mass is 16.5. The summed E-state index contributed by atoms with van der Waals surface area (Å²) in [5.41, 5.74) is 30.7. The van der Waals surface area contributed by atoms with Gasteiger partial charge in [-0.05, 0) is 152 Å². The third-order valence-corrected chi connectivity index (χ3v) is 28.6. The molecule has 11 nitrogen and oxygen atoms in total. The summed E-state index contributed by atoms with van der Waals surface area (Å²) >= 11 is 0. The molecule has 0 N–H and O–H groups in total. The number of aromatic nitrogens is 4. The lowest BCUT2D eigenvalue weighted by Crippen LogP contribution is -2.57. The van der Waals surface area contributed by atoms with Crippen LogP contribution in [0.25, 0.3) is 143 Å². The minimum atomic E-state index is -0.157. The Labute approximate surface area is 752 Å². The van der Waals surface area contributed by atoms with Crippen molar-refractivity contribution in [3.63, 3.8) is 0 Å². The minimum Gasteiger partial charge on any atom is -0.458 e. The molecule has 24 aromatic rings. The van der Waals surface area contributed by atoms with Crippen molar-refractivity contribution >= 4 is 178 Å². The van der Waals surface area contributed by atoms with E-state index < -0.39 is 0 Å². The van der Waals surface area contributed by atoms with Gasteiger partial charge < -0.3 is 51.1 Å². The van der Waals surface area contributed by atoms with Gasteiger partial charge in [0.15, 0.2) is 0 Å². The monoisotopic (exact) mass is 1680 g/mol. The first-order valence-electron chi connectivity index (χ1n) is 44.9. The average Bonchev–Trinajstić information content (AvgIpc) is 1.54. The first-order chi connectivity index (χ1) is 64.8. The van der Waals surface area contributed by atoms with Crippen LogP contribution in [0.3, 0.4) is 0 Å². The summed E-state index contributed by atoms with van der Waals surface area (Å²) in [5, 5.41) is 11.9. The summed E-state index contributed by atoms with van der Waals surface area (Å²) in [6.07, 6.45) is 0. The van der Waals surface area contributed by atoms with Crippen molar-refractivity contribution in [1.82, 2.24) is 18.3 Å². The summed E-state index contributed by atoms with van der Waals surface area (Å²) in [5.74, 6) is 10.4. The van der Waals surface area contributed by atoms with Crippen LogP contribution in [0.2, 0.25) is 0 Å². The second-order valence-corrected chi connectivity index (χ2v) is 35.8. The molecule has 6 aliphatic heterocycles. The summed E-state index contributed by atoms with van der Waals surface area (Å²) in [7, 11) is 0. The Kier molecular flexibility index (Phi) is 15.0. The molecule has 610 valence electrons. The fraction of sp³-hybridized carbons (Fsp3) is 0.0256. The van der Waals surface area contributed by atoms with Crippen molar-refractivity contribution in [1.29, 1.82) is 0 Å². The standard InChI is InChI=1S/C42H25BN2O2.C39H26BNO2.C36H20BNO3/c1-2-12-26(13-3-1)45-33-18-8-4-14-28(33)29-22-23-35-40(42(29)45)30-15-5-9-19-34(30)44(35)27-24-38-41-39(25-27)47-37-21-11-7-17-32(37)43(41)31-16-6-10-20-36(31)46-38;1-39(2)28-13-5-3-11-24(28)26-19-20-27-25-12-4-8-16-31(25)41(38(27)36(26)39)23-21-34-37-35(22-23)43-33-18-10-7-15-30(33)40(37)29-14-6-9-17-32(29)42-34;1-5-13-27-24(10-1)34-28(18-17-23-22-9-2-6-14-29(22)41-36(23)34)38(27)21-19-32-35-33(20-21)40-31-16-8-4-12-26(31)37(35)25-11-3-7-15-30(25)39-32/h1-25H;3-22H,1-2H3;1-20H. The number of para-hydroxylation sites is 12. The van der Waals surface area contributed by atoms with Crippen LogP contribution in [0.5, 0.6) is 69.0 Å². The molecule has 14 heteroatoms. The van der Waals surface area contributed by atoms with E-state index in [1.54, 1.807) is 0 Å². The zero-order chi connectivity index (χ0) is 85.7. The molecule has 0 saturated heterocycles. The van der Waals surface area contributed by atoms with Crippen molar-refractivity contribution < 1.29 is 32.8 Å². The first-order valence-corrected chi connectivity index (χ1v) is 44.9. The van der Waals surface area contributed by atoms with Crippen molar-refractivity contribution in [2.75, 3.05) is 0 Å². The fourth-order valence-corrected chi connectivity index (χ4v) is 23.3. The van der Waals surface area contributed by atoms with Gasteiger partial charge >= 0.3 is 0 Å². The fourth-order valence-electron chi connectivity index (χ4n) is 23.3. The molecule has 7 aliphatic rings. The molecule has 5 aromatic heterocycles. The molecule has 0 amide bonds. The van der Waals surface area contributed by atoms with Crippen LogP contribution in [-0.2, 0) is 5.41 Å². The summed E-state index contributed by atoms with van der Waals surface area (Å²) < 4.78 is 56.0. The molecule has 0 radical (unpaired) electrons. The van der Waals surface area contributed by atoms with Crippen LogP contribution in [0.15, 0.2) is 399 Å². The second kappa shape index (κ2) is 27.1. The highest BCUT2D eigenvalue weighted by Gasteiger charge is 2.46. The number of ether oxygens (including phenoxy) is 6. The number of hydrogen-bond acceptors (Lipinski definition) is 7. The van der Waals surface area contributed by atoms with Crippen LogP contribution in [0.4, 0.5) is 0 Å². The topological polar surface area (TPSA) is 88.2 Å². The normalized spacial score (nSPS) is 13.6. The maximum Gasteiger partial charge on any atom is 0.260 e. The Balaban J connectivity index is 0.0000000967. The highest BCUT2D eigenvalue weighted by Crippen LogP contribution is 2.55. The molecular formula is C117H71B3N4O7. The molecule has 0 fully saturated rings. The van der Waals surface area contributed by atoms with E-state index in [9.17, 15) is 0 Å². The molecule has 131 heavy (non-hydrogen) atoms. The van der Waals surface area contributed by atoms with Crippen molar-refractivity contribution in [3.05, 3.63) is 405 Å². The molecule has 0 spiro atoms. The van der Waals surface area contributed by atoms with Gasteiger partial charge in [0.1, 0.15) is 80.2 Å². The molecule has 1 aliphatic carbocycles. The van der Waals surface area contributed by atoms with Crippen LogP contribution in [0.1, 0.15) is 25.0 Å². The number of furan rings is 1. The Morgan fingerprint density at radius 3 is 1.01 bits per heavy atom. The van der Waals surface area contributed by atoms with Crippen molar-refractivity contribution in [3.8, 4) is 103 Å². The van der Waals surface area contributed by atoms with E-state index in [1.165, 1.54) is 87.6 Å². The highest BCUT2D eigenvalue weighted by molar-refractivity contribution is 6.99. The molecule has 31 rings (SSSR count). The number of hydrogen-bond donors (Lipinski definition) is 0. The Hall–Kier alpha value is -16.8. The Bertz CT molecular complexity index is 8960. The first kappa shape index (κ1) is 72.3. The largest absolute Gasteiger partial charge is 0.458 e. The molecule has 0 bridgehead atoms. The van der Waals surface area contributed by atoms with Gasteiger partial charge in [0.25, 0.3) is 20.1 Å². The lowest BCUT2D eigenvalue weighted by atomic mass is 9.35. The zero-order valence-electron chi connectivity index (χ0n) is 70.9. The number of rotatable bonds is 4. The predicted molar refractivity (Wildman–Crippen MR) is 535 cm³/mol. The van der Waals surface area contributed by atoms with E-state index >= 15 is 0 Å². The summed E-state index contributed by atoms with van der Waals surface area (Å²) in [4.78, 5) is 0. The van der Waals surface area contributed by atoms with Gasteiger partial charge in [-0.15, -0.1) is 0 Å². The smallest absolute Gasteiger partial charge is 0.260 e. The SMILES string of the molecule is CC1(C)c2ccccc2-c2ccc3c4ccccc4n(-c4cc5c6c(c4)Oc4ccccc4B6c4ccccc4O5)c3c21.c1ccc(-n2c3ccccc3c3ccc4c(c5ccccc5n4-c4cc5c6c(c4)Oc4ccccc4B6c4ccccc4O5)c32)cc1.c1ccc2c(c1)Oc1cc(-n3c4ccccc4c4c5oc6ccccc6c5ccc43)cc3c1B2c1ccccc1O3. The molecule has 11 heterocycles. The van der Waals surface area contributed by atoms with Gasteiger partial charge in [-0.2, -0.15) is 0 Å². The van der Waals surface area contributed by atoms with Gasteiger partial charge in [-0.1, -0.05) is 275 Å². The third-order valence-electron chi connectivity index (χ3n) is 28.6. The lowest BCUT2D eigenvalue weighted by Gasteiger charge is -2.33. The Morgan fingerprint density at radius 1 is 0.221 bits per heavy atom. The maximum absolute atomic E-state index is 6.69. The quantitative estimate of drug-likeness (QED) is 0.162. The minimum absolute atomic E-state index is 0.0447. The molecule has 0 saturated carbocycles. The zero-order valence-corrected chi connectivity index (χ0v) is 70.9. The van der Waals surface area contributed by atoms with E-state index in [2.05, 4.69) is 390 Å². The van der Waals surface area contributed by atoms with E-state index in [4.69, 9.17) is 32.8 Å². The lowest BCUT2D eigenvalue weighted by molar-refractivity contribution is 0.463. The van der Waals surface area contributed by atoms with Crippen LogP contribution >= 0.6 is 0 Å². The maximum atomic E-state index is 6.69. The molecule has 0 atom stereocenters. The van der Waals surface area contributed by atoms with Crippen LogP contribution in [-0.4, -0.2) is 38.4 Å². The van der Waals surface area contributed by atoms with Crippen molar-refractivity contribution in [2.24, 2.45) is 0 Å². The molecule has 0 unspecified atom stereocenters. The predicted octanol–water partition coefficient (Wildman–Crippen LogP) is 23.8. The van der Waals surface area contributed by atoms with Gasteiger partial charge in [0.05, 0.1) is 66.6 Å². The average molecular weight is 1680 g/mol. The Morgan fingerprint density at radius 2 is 0.550 bits per heavy atom. The van der Waals surface area contributed by atoms with Crippen LogP contribution in [0, 0.1) is 0 Å². The summed E-state index contributed by atoms with van der Waals surface area (Å²) in [6.45, 7) is 4.88. The number of benzene rings is 19. The molecular weight excluding hydrogens is 1610 g/mol. The van der Waals surface area contributed by atoms with Crippen LogP contribution < -0.4 is 77.6 Å². The van der Waals surface area contributed by atoms with Gasteiger partial charge in [0, 0.05) is 112 Å². The van der Waals surface area contributed by atoms with E-state index in [-0.39, 0.29) is 25.6 Å². The third kappa shape index (κ3) is 10.2. The second-order valence-electron chi connectivity index (χ2n) is 35.8. The van der Waals surface area contributed by atoms with E-state index in [0.717, 1.165) is 185 Å². The van der Waals surface area contributed by atoms with Crippen molar-refractivity contribution in [2.45, 2.75) is 19.3 Å². The number of fused-ring (bicyclic) bond motifs is 33. The van der Waals surface area contributed by atoms with Gasteiger partial charge in [-0.3, -0.25) is 0 Å². The van der Waals surface area contributed by atoms with Gasteiger partial charge in [-0.25, -0.2) is 0 Å². The van der Waals surface area contributed by atoms with Gasteiger partial charge in [0.2, 0.25) is 0 Å². The number of nitrogens with zero attached hydrogens (tertiary/aromatic N) is 4. The van der Waals surface area contributed by atoms with E-state index in [0.29, 0.717) is 0 Å². The van der Waals surface area contributed by atoms with E-state index in [1.807, 2.05) is 36.4 Å². The summed E-state index contributed by atoms with van der Waals surface area (Å²) in [6, 6.07) is 139.